The van der Waals surface area contributed by atoms with Crippen LogP contribution in [0.15, 0.2) is 48.5 Å². The van der Waals surface area contributed by atoms with Gasteiger partial charge in [0.25, 0.3) is 5.91 Å². The van der Waals surface area contributed by atoms with Gasteiger partial charge in [-0.1, -0.05) is 0 Å². The van der Waals surface area contributed by atoms with Crippen LogP contribution in [0.3, 0.4) is 0 Å². The molecule has 0 saturated carbocycles. The smallest absolute Gasteiger partial charge is 0.323 e. The van der Waals surface area contributed by atoms with Gasteiger partial charge in [-0.3, -0.25) is 4.79 Å². The topological polar surface area (TPSA) is 137 Å². The summed E-state index contributed by atoms with van der Waals surface area (Å²) in [6.07, 6.45) is 0.0905. The molecule has 0 radical (unpaired) electrons. The van der Waals surface area contributed by atoms with Crippen LogP contribution in [0, 0.1) is 0 Å². The fourth-order valence-electron chi connectivity index (χ4n) is 5.72. The summed E-state index contributed by atoms with van der Waals surface area (Å²) in [6, 6.07) is 14.0. The van der Waals surface area contributed by atoms with Crippen molar-refractivity contribution in [2.45, 2.75) is 32.4 Å². The van der Waals surface area contributed by atoms with Crippen LogP contribution in [0.1, 0.15) is 31.1 Å². The Hall–Kier alpha value is -4.33. The van der Waals surface area contributed by atoms with Crippen molar-refractivity contribution in [3.05, 3.63) is 54.1 Å². The summed E-state index contributed by atoms with van der Waals surface area (Å²) >= 11 is 0. The largest absolute Gasteiger partial charge is 0.378 e. The van der Waals surface area contributed by atoms with Gasteiger partial charge in [0.05, 0.1) is 25.9 Å². The van der Waals surface area contributed by atoms with E-state index in [2.05, 4.69) is 39.6 Å². The number of rotatable bonds is 6. The number of nitrogens with zero attached hydrogens (tertiary/aromatic N) is 6. The summed E-state index contributed by atoms with van der Waals surface area (Å²) < 4.78 is 11.2. The van der Waals surface area contributed by atoms with E-state index in [1.165, 1.54) is 0 Å². The van der Waals surface area contributed by atoms with Crippen LogP contribution in [-0.4, -0.2) is 109 Å². The summed E-state index contributed by atoms with van der Waals surface area (Å²) in [5.41, 5.74) is 2.50. The minimum Gasteiger partial charge on any atom is -0.378 e. The molecule has 3 N–H and O–H groups in total. The zero-order valence-corrected chi connectivity index (χ0v) is 26.1. The zero-order valence-electron chi connectivity index (χ0n) is 26.1. The van der Waals surface area contributed by atoms with Gasteiger partial charge in [0.1, 0.15) is 0 Å². The fourth-order valence-corrected chi connectivity index (χ4v) is 5.72. The van der Waals surface area contributed by atoms with E-state index in [1.807, 2.05) is 36.1 Å². The molecule has 3 fully saturated rings. The lowest BCUT2D eigenvalue weighted by Crippen LogP contribution is -2.58. The van der Waals surface area contributed by atoms with E-state index in [0.29, 0.717) is 93.7 Å². The van der Waals surface area contributed by atoms with E-state index in [1.54, 1.807) is 24.3 Å². The number of hydrogen-bond acceptors (Lipinski definition) is 10. The molecule has 0 aliphatic carbocycles. The van der Waals surface area contributed by atoms with E-state index < -0.39 is 0 Å². The molecule has 3 aliphatic heterocycles. The monoisotopic (exact) mass is 615 g/mol. The van der Waals surface area contributed by atoms with Crippen molar-refractivity contribution in [1.29, 1.82) is 0 Å². The van der Waals surface area contributed by atoms with Crippen LogP contribution >= 0.6 is 0 Å². The lowest BCUT2D eigenvalue weighted by molar-refractivity contribution is 0.0526. The molecule has 6 rings (SSSR count). The highest BCUT2D eigenvalue weighted by molar-refractivity contribution is 6.00. The Morgan fingerprint density at radius 1 is 0.844 bits per heavy atom. The molecule has 4 heterocycles. The van der Waals surface area contributed by atoms with Crippen LogP contribution < -0.4 is 25.8 Å². The average molecular weight is 616 g/mol. The summed E-state index contributed by atoms with van der Waals surface area (Å²) in [6.45, 7) is 13.0. The number of aromatic nitrogens is 3. The number of morpholine rings is 2. The minimum atomic E-state index is -0.385. The lowest BCUT2D eigenvalue weighted by atomic mass is 10.0. The molecule has 13 heteroatoms. The Balaban J connectivity index is 1.11. The van der Waals surface area contributed by atoms with Crippen molar-refractivity contribution in [3.8, 4) is 11.4 Å². The Labute approximate surface area is 263 Å². The third-order valence-corrected chi connectivity index (χ3v) is 8.08. The standard InChI is InChI=1S/C32H41N9O4/c1-22-20-40(16-19-45-22)30-37-27(36-29(38-30)39-14-17-44-18-15-39)23-4-8-25(9-5-23)34-31(43)35-26-10-6-24(7-11-26)28(42)41-13-12-33-32(2,3)21-41/h4-11,22,33H,12-21H2,1-3H3,(H2,34,35,43). The first-order valence-corrected chi connectivity index (χ1v) is 15.5. The number of benzene rings is 2. The number of carbonyl (C=O) groups excluding carboxylic acids is 2. The molecule has 0 bridgehead atoms. The number of anilines is 4. The number of hydrogen-bond donors (Lipinski definition) is 3. The maximum Gasteiger partial charge on any atom is 0.323 e. The van der Waals surface area contributed by atoms with Crippen LogP contribution in [0.25, 0.3) is 11.4 Å². The maximum absolute atomic E-state index is 13.0. The first kappa shape index (κ1) is 30.7. The highest BCUT2D eigenvalue weighted by Crippen LogP contribution is 2.25. The van der Waals surface area contributed by atoms with Gasteiger partial charge < -0.3 is 40.1 Å². The summed E-state index contributed by atoms with van der Waals surface area (Å²) in [5.74, 6) is 1.81. The fraction of sp³-hybridized carbons (Fsp3) is 0.469. The van der Waals surface area contributed by atoms with Crippen LogP contribution in [-0.2, 0) is 9.47 Å². The van der Waals surface area contributed by atoms with E-state index in [9.17, 15) is 9.59 Å². The molecule has 3 amide bonds. The number of nitrogens with one attached hydrogen (secondary N) is 3. The Bertz CT molecular complexity index is 1490. The normalized spacial score (nSPS) is 20.1. The molecular weight excluding hydrogens is 574 g/mol. The third kappa shape index (κ3) is 7.67. The molecule has 1 atom stereocenters. The number of carbonyl (C=O) groups is 2. The predicted molar refractivity (Wildman–Crippen MR) is 173 cm³/mol. The van der Waals surface area contributed by atoms with Crippen LogP contribution in [0.2, 0.25) is 0 Å². The molecule has 2 aromatic carbocycles. The maximum atomic E-state index is 13.0. The number of ether oxygens (including phenoxy) is 2. The average Bonchev–Trinajstić information content (AvgIpc) is 3.05. The van der Waals surface area contributed by atoms with Crippen molar-refractivity contribution in [3.63, 3.8) is 0 Å². The van der Waals surface area contributed by atoms with Crippen molar-refractivity contribution in [2.75, 3.05) is 86.1 Å². The Kier molecular flexibility index (Phi) is 9.10. The molecule has 45 heavy (non-hydrogen) atoms. The first-order valence-electron chi connectivity index (χ1n) is 15.5. The van der Waals surface area contributed by atoms with Gasteiger partial charge in [-0.15, -0.1) is 0 Å². The summed E-state index contributed by atoms with van der Waals surface area (Å²) in [5, 5.41) is 9.12. The van der Waals surface area contributed by atoms with Gasteiger partial charge in [0.15, 0.2) is 5.82 Å². The highest BCUT2D eigenvalue weighted by Gasteiger charge is 2.29. The van der Waals surface area contributed by atoms with Gasteiger partial charge in [-0.05, 0) is 69.3 Å². The first-order chi connectivity index (χ1) is 21.7. The zero-order chi connectivity index (χ0) is 31.4. The second-order valence-electron chi connectivity index (χ2n) is 12.3. The molecule has 1 aromatic heterocycles. The molecule has 238 valence electrons. The molecule has 3 aliphatic rings. The number of amides is 3. The van der Waals surface area contributed by atoms with Crippen molar-refractivity contribution >= 4 is 35.2 Å². The molecule has 3 saturated heterocycles. The molecule has 3 aromatic rings. The molecule has 0 spiro atoms. The van der Waals surface area contributed by atoms with Crippen molar-refractivity contribution < 1.29 is 19.1 Å². The Morgan fingerprint density at radius 2 is 1.47 bits per heavy atom. The minimum absolute atomic E-state index is 0.0115. The lowest BCUT2D eigenvalue weighted by Gasteiger charge is -2.39. The second kappa shape index (κ2) is 13.3. The molecule has 13 nitrogen and oxygen atoms in total. The van der Waals surface area contributed by atoms with Gasteiger partial charge >= 0.3 is 6.03 Å². The van der Waals surface area contributed by atoms with Gasteiger partial charge in [-0.2, -0.15) is 15.0 Å². The van der Waals surface area contributed by atoms with Crippen molar-refractivity contribution in [1.82, 2.24) is 25.2 Å². The van der Waals surface area contributed by atoms with E-state index in [-0.39, 0.29) is 23.6 Å². The third-order valence-electron chi connectivity index (χ3n) is 8.08. The highest BCUT2D eigenvalue weighted by atomic mass is 16.5. The van der Waals surface area contributed by atoms with Crippen molar-refractivity contribution in [2.24, 2.45) is 0 Å². The molecule has 1 unspecified atom stereocenters. The number of urea groups is 1. The van der Waals surface area contributed by atoms with E-state index in [0.717, 1.165) is 12.1 Å². The van der Waals surface area contributed by atoms with E-state index in [4.69, 9.17) is 24.4 Å². The van der Waals surface area contributed by atoms with Gasteiger partial charge in [0.2, 0.25) is 11.9 Å². The summed E-state index contributed by atoms with van der Waals surface area (Å²) in [7, 11) is 0. The summed E-state index contributed by atoms with van der Waals surface area (Å²) in [4.78, 5) is 46.3. The number of piperazine rings is 1. The van der Waals surface area contributed by atoms with E-state index >= 15 is 0 Å². The van der Waals surface area contributed by atoms with Crippen LogP contribution in [0.4, 0.5) is 28.1 Å². The van der Waals surface area contributed by atoms with Gasteiger partial charge in [0, 0.05) is 73.9 Å². The van der Waals surface area contributed by atoms with Crippen LogP contribution in [0.5, 0.6) is 0 Å². The second-order valence-corrected chi connectivity index (χ2v) is 12.3. The predicted octanol–water partition coefficient (Wildman–Crippen LogP) is 3.07. The SMILES string of the molecule is CC1CN(c2nc(-c3ccc(NC(=O)Nc4ccc(C(=O)N5CCNC(C)(C)C5)cc4)cc3)nc(N3CCOCC3)n2)CCO1. The molecular formula is C32H41N9O4. The quantitative estimate of drug-likeness (QED) is 0.380. The Morgan fingerprint density at radius 3 is 2.11 bits per heavy atom. The van der Waals surface area contributed by atoms with Gasteiger partial charge in [-0.25, -0.2) is 4.79 Å².